The van der Waals surface area contributed by atoms with Crippen LogP contribution in [-0.4, -0.2) is 47.4 Å². The summed E-state index contributed by atoms with van der Waals surface area (Å²) in [4.78, 5) is 21.6. The smallest absolute Gasteiger partial charge is 0.270 e. The molecule has 1 unspecified atom stereocenters. The Morgan fingerprint density at radius 3 is 2.86 bits per heavy atom. The molecule has 3 rings (SSSR count). The quantitative estimate of drug-likeness (QED) is 0.436. The van der Waals surface area contributed by atoms with E-state index in [1.807, 2.05) is 36.6 Å². The van der Waals surface area contributed by atoms with Crippen LogP contribution in [0.4, 0.5) is 0 Å². The maximum Gasteiger partial charge on any atom is 0.270 e. The molecule has 6 nitrogen and oxygen atoms in total. The van der Waals surface area contributed by atoms with Gasteiger partial charge in [0.05, 0.1) is 12.3 Å². The first kappa shape index (κ1) is 20.4. The van der Waals surface area contributed by atoms with Crippen molar-refractivity contribution in [1.29, 1.82) is 5.26 Å². The monoisotopic (exact) mass is 398 g/mol. The lowest BCUT2D eigenvalue weighted by Gasteiger charge is -2.30. The molecule has 1 N–H and O–H groups in total. The molecule has 1 saturated heterocycles. The first-order valence-corrected chi connectivity index (χ1v) is 10.9. The molecule has 1 aliphatic heterocycles. The summed E-state index contributed by atoms with van der Waals surface area (Å²) in [5.41, 5.74) is 0.750. The lowest BCUT2D eigenvalue weighted by molar-refractivity contribution is 0.170. The van der Waals surface area contributed by atoms with Gasteiger partial charge in [0.25, 0.3) is 5.56 Å². The molecule has 0 saturated carbocycles. The molecule has 1 aromatic heterocycles. The van der Waals surface area contributed by atoms with E-state index in [0.29, 0.717) is 17.5 Å². The normalized spacial score (nSPS) is 17.2. The highest BCUT2D eigenvalue weighted by Gasteiger charge is 2.16. The van der Waals surface area contributed by atoms with Crippen molar-refractivity contribution in [2.45, 2.75) is 31.3 Å². The zero-order valence-corrected chi connectivity index (χ0v) is 17.2. The Morgan fingerprint density at radius 2 is 2.18 bits per heavy atom. The Bertz CT molecular complexity index is 889. The average Bonchev–Trinajstić information content (AvgIpc) is 2.71. The van der Waals surface area contributed by atoms with Crippen molar-refractivity contribution < 1.29 is 4.74 Å². The van der Waals surface area contributed by atoms with E-state index in [1.165, 1.54) is 37.7 Å². The Balaban J connectivity index is 1.59. The van der Waals surface area contributed by atoms with Crippen molar-refractivity contribution in [3.8, 4) is 23.1 Å². The predicted octanol–water partition coefficient (Wildman–Crippen LogP) is 3.53. The molecule has 2 aromatic rings. The fraction of sp³-hybridized carbons (Fsp3) is 0.476. The van der Waals surface area contributed by atoms with Gasteiger partial charge in [-0.3, -0.25) is 4.79 Å². The molecular formula is C21H26N4O2S. The van der Waals surface area contributed by atoms with Crippen LogP contribution in [0.5, 0.6) is 5.75 Å². The number of H-pyrrole nitrogens is 1. The molecular weight excluding hydrogens is 372 g/mol. The number of piperidine rings is 1. The van der Waals surface area contributed by atoms with E-state index < -0.39 is 5.56 Å². The predicted molar refractivity (Wildman–Crippen MR) is 112 cm³/mol. The third-order valence-corrected chi connectivity index (χ3v) is 5.54. The van der Waals surface area contributed by atoms with Gasteiger partial charge in [0, 0.05) is 18.7 Å². The number of aromatic nitrogens is 2. The van der Waals surface area contributed by atoms with Gasteiger partial charge < -0.3 is 14.6 Å². The highest BCUT2D eigenvalue weighted by molar-refractivity contribution is 7.98. The first-order chi connectivity index (χ1) is 13.6. The Labute approximate surface area is 169 Å². The molecule has 1 aromatic carbocycles. The maximum absolute atomic E-state index is 12.1. The number of rotatable bonds is 7. The topological polar surface area (TPSA) is 82.0 Å². The van der Waals surface area contributed by atoms with Gasteiger partial charge in [-0.2, -0.15) is 5.26 Å². The van der Waals surface area contributed by atoms with Crippen molar-refractivity contribution >= 4 is 11.8 Å². The summed E-state index contributed by atoms with van der Waals surface area (Å²) in [5.74, 6) is 1.58. The second-order valence-electron chi connectivity index (χ2n) is 7.19. The van der Waals surface area contributed by atoms with Crippen molar-refractivity contribution in [3.05, 3.63) is 40.2 Å². The summed E-state index contributed by atoms with van der Waals surface area (Å²) in [7, 11) is 0. The SMILES string of the molecule is CSc1nc(-c2ccc(OCCCN3CCCC(C)C3)cc2)c(C#N)c(=O)[nH]1. The number of ether oxygens (including phenoxy) is 1. The van der Waals surface area contributed by atoms with E-state index in [9.17, 15) is 10.1 Å². The number of thioether (sulfide) groups is 1. The molecule has 1 aliphatic rings. The summed E-state index contributed by atoms with van der Waals surface area (Å²) >= 11 is 1.33. The van der Waals surface area contributed by atoms with E-state index in [-0.39, 0.29) is 5.56 Å². The maximum atomic E-state index is 12.1. The second kappa shape index (κ2) is 9.76. The van der Waals surface area contributed by atoms with E-state index >= 15 is 0 Å². The zero-order chi connectivity index (χ0) is 19.9. The minimum atomic E-state index is -0.413. The summed E-state index contributed by atoms with van der Waals surface area (Å²) in [6.45, 7) is 6.45. The standard InChI is InChI=1S/C21H26N4O2S/c1-15-5-3-10-25(14-15)11-4-12-27-17-8-6-16(7-9-17)19-18(13-22)20(26)24-21(23-19)28-2/h6-9,15H,3-5,10-12,14H2,1-2H3,(H,23,24,26). The van der Waals surface area contributed by atoms with E-state index in [1.54, 1.807) is 0 Å². The minimum Gasteiger partial charge on any atom is -0.494 e. The molecule has 1 fully saturated rings. The van der Waals surface area contributed by atoms with Crippen LogP contribution in [0.15, 0.2) is 34.2 Å². The van der Waals surface area contributed by atoms with Gasteiger partial charge >= 0.3 is 0 Å². The lowest BCUT2D eigenvalue weighted by Crippen LogP contribution is -2.35. The second-order valence-corrected chi connectivity index (χ2v) is 7.98. The van der Waals surface area contributed by atoms with Gasteiger partial charge in [0.15, 0.2) is 5.16 Å². The van der Waals surface area contributed by atoms with Crippen LogP contribution in [0.1, 0.15) is 31.7 Å². The fourth-order valence-electron chi connectivity index (χ4n) is 3.54. The number of aromatic amines is 1. The van der Waals surface area contributed by atoms with Crippen LogP contribution in [0.25, 0.3) is 11.3 Å². The zero-order valence-electron chi connectivity index (χ0n) is 16.4. The van der Waals surface area contributed by atoms with Gasteiger partial charge in [-0.05, 0) is 62.2 Å². The Hall–Kier alpha value is -2.30. The summed E-state index contributed by atoms with van der Waals surface area (Å²) in [6.07, 6.45) is 5.46. The fourth-order valence-corrected chi connectivity index (χ4v) is 3.92. The molecule has 7 heteroatoms. The van der Waals surface area contributed by atoms with Gasteiger partial charge in [-0.1, -0.05) is 18.7 Å². The Morgan fingerprint density at radius 1 is 1.39 bits per heavy atom. The van der Waals surface area contributed by atoms with Crippen LogP contribution in [0, 0.1) is 17.2 Å². The van der Waals surface area contributed by atoms with E-state index in [4.69, 9.17) is 4.74 Å². The largest absolute Gasteiger partial charge is 0.494 e. The third kappa shape index (κ3) is 5.15. The molecule has 0 spiro atoms. The molecule has 0 radical (unpaired) electrons. The molecule has 2 heterocycles. The number of nitriles is 1. The van der Waals surface area contributed by atoms with Crippen LogP contribution < -0.4 is 10.3 Å². The van der Waals surface area contributed by atoms with Gasteiger partial charge in [-0.15, -0.1) is 0 Å². The minimum absolute atomic E-state index is 0.0298. The van der Waals surface area contributed by atoms with E-state index in [0.717, 1.165) is 30.2 Å². The van der Waals surface area contributed by atoms with Crippen LogP contribution >= 0.6 is 11.8 Å². The van der Waals surface area contributed by atoms with Gasteiger partial charge in [0.1, 0.15) is 17.4 Å². The van der Waals surface area contributed by atoms with Crippen molar-refractivity contribution in [3.63, 3.8) is 0 Å². The number of hydrogen-bond donors (Lipinski definition) is 1. The number of likely N-dealkylation sites (tertiary alicyclic amines) is 1. The molecule has 0 amide bonds. The van der Waals surface area contributed by atoms with Crippen molar-refractivity contribution in [2.75, 3.05) is 32.5 Å². The average molecular weight is 399 g/mol. The number of hydrogen-bond acceptors (Lipinski definition) is 6. The molecule has 1 atom stereocenters. The molecule has 0 bridgehead atoms. The van der Waals surface area contributed by atoms with Crippen LogP contribution in [0.2, 0.25) is 0 Å². The lowest BCUT2D eigenvalue weighted by atomic mass is 10.0. The van der Waals surface area contributed by atoms with Gasteiger partial charge in [-0.25, -0.2) is 4.98 Å². The van der Waals surface area contributed by atoms with Crippen LogP contribution in [0.3, 0.4) is 0 Å². The van der Waals surface area contributed by atoms with E-state index in [2.05, 4.69) is 21.8 Å². The highest BCUT2D eigenvalue weighted by Crippen LogP contribution is 2.24. The molecule has 0 aliphatic carbocycles. The number of nitrogens with one attached hydrogen (secondary N) is 1. The number of benzene rings is 1. The molecule has 148 valence electrons. The first-order valence-electron chi connectivity index (χ1n) is 9.64. The van der Waals surface area contributed by atoms with Crippen molar-refractivity contribution in [1.82, 2.24) is 14.9 Å². The highest BCUT2D eigenvalue weighted by atomic mass is 32.2. The molecule has 28 heavy (non-hydrogen) atoms. The summed E-state index contributed by atoms with van der Waals surface area (Å²) in [5, 5.41) is 9.79. The van der Waals surface area contributed by atoms with Crippen LogP contribution in [-0.2, 0) is 0 Å². The summed E-state index contributed by atoms with van der Waals surface area (Å²) in [6, 6.07) is 9.36. The summed E-state index contributed by atoms with van der Waals surface area (Å²) < 4.78 is 5.86. The number of nitrogens with zero attached hydrogens (tertiary/aromatic N) is 3. The van der Waals surface area contributed by atoms with Gasteiger partial charge in [0.2, 0.25) is 0 Å². The third-order valence-electron chi connectivity index (χ3n) is 4.96. The van der Waals surface area contributed by atoms with Crippen molar-refractivity contribution in [2.24, 2.45) is 5.92 Å². The Kier molecular flexibility index (Phi) is 7.12.